The van der Waals surface area contributed by atoms with Gasteiger partial charge in [0.15, 0.2) is 0 Å². The molecule has 1 aromatic rings. The summed E-state index contributed by atoms with van der Waals surface area (Å²) in [4.78, 5) is 17.5. The third kappa shape index (κ3) is 1.23. The predicted octanol–water partition coefficient (Wildman–Crippen LogP) is 0.641. The number of hydrogen-bond donors (Lipinski definition) is 1. The second kappa shape index (κ2) is 2.64. The molecule has 0 aliphatic rings. The van der Waals surface area contributed by atoms with Gasteiger partial charge in [-0.3, -0.25) is 9.78 Å². The minimum Gasteiger partial charge on any atom is -0.323 e. The van der Waals surface area contributed by atoms with Crippen LogP contribution in [0.2, 0.25) is 0 Å². The monoisotopic (exact) mass is 138 g/mol. The van der Waals surface area contributed by atoms with Gasteiger partial charge in [-0.1, -0.05) is 6.92 Å². The molecule has 0 bridgehead atoms. The predicted molar refractivity (Wildman–Crippen MR) is 39.0 cm³/mol. The second-order valence-corrected chi connectivity index (χ2v) is 2.18. The maximum atomic E-state index is 10.9. The van der Waals surface area contributed by atoms with Gasteiger partial charge < -0.3 is 4.98 Å². The van der Waals surface area contributed by atoms with Crippen molar-refractivity contribution in [2.45, 2.75) is 20.3 Å². The Labute approximate surface area is 59.1 Å². The van der Waals surface area contributed by atoms with E-state index in [-0.39, 0.29) is 5.56 Å². The number of nitrogens with zero attached hydrogens (tertiary/aromatic N) is 1. The Morgan fingerprint density at radius 1 is 1.70 bits per heavy atom. The Morgan fingerprint density at radius 2 is 2.40 bits per heavy atom. The van der Waals surface area contributed by atoms with Gasteiger partial charge in [0.2, 0.25) is 0 Å². The van der Waals surface area contributed by atoms with E-state index in [1.807, 2.05) is 6.92 Å². The van der Waals surface area contributed by atoms with Crippen LogP contribution in [0, 0.1) is 6.92 Å². The molecule has 54 valence electrons. The van der Waals surface area contributed by atoms with Gasteiger partial charge in [-0.05, 0) is 13.3 Å². The molecule has 0 spiro atoms. The van der Waals surface area contributed by atoms with Crippen molar-refractivity contribution in [1.29, 1.82) is 0 Å². The zero-order valence-corrected chi connectivity index (χ0v) is 6.14. The van der Waals surface area contributed by atoms with Crippen LogP contribution in [0.15, 0.2) is 11.0 Å². The van der Waals surface area contributed by atoms with Crippen LogP contribution in [0.25, 0.3) is 0 Å². The van der Waals surface area contributed by atoms with Gasteiger partial charge in [-0.2, -0.15) is 0 Å². The molecule has 0 radical (unpaired) electrons. The van der Waals surface area contributed by atoms with Crippen molar-refractivity contribution in [1.82, 2.24) is 9.97 Å². The van der Waals surface area contributed by atoms with Crippen molar-refractivity contribution in [2.24, 2.45) is 0 Å². The molecule has 0 saturated carbocycles. The first-order valence-electron chi connectivity index (χ1n) is 3.29. The normalized spacial score (nSPS) is 9.80. The molecule has 1 N–H and O–H groups in total. The Kier molecular flexibility index (Phi) is 1.85. The van der Waals surface area contributed by atoms with E-state index < -0.39 is 0 Å². The highest BCUT2D eigenvalue weighted by molar-refractivity contribution is 5.00. The van der Waals surface area contributed by atoms with Crippen LogP contribution < -0.4 is 5.56 Å². The first-order chi connectivity index (χ1) is 4.74. The van der Waals surface area contributed by atoms with Crippen molar-refractivity contribution in [3.05, 3.63) is 27.9 Å². The van der Waals surface area contributed by atoms with Crippen LogP contribution in [-0.4, -0.2) is 9.97 Å². The summed E-state index contributed by atoms with van der Waals surface area (Å²) in [6.45, 7) is 3.67. The van der Waals surface area contributed by atoms with Crippen molar-refractivity contribution in [3.63, 3.8) is 0 Å². The summed E-state index contributed by atoms with van der Waals surface area (Å²) in [6, 6.07) is 0. The molecule has 1 rings (SSSR count). The van der Waals surface area contributed by atoms with E-state index in [2.05, 4.69) is 9.97 Å². The average Bonchev–Trinajstić information content (AvgIpc) is 1.95. The molecule has 0 amide bonds. The second-order valence-electron chi connectivity index (χ2n) is 2.18. The number of aryl methyl sites for hydroxylation is 2. The fraction of sp³-hybridized carbons (Fsp3) is 0.429. The molecule has 0 aromatic carbocycles. The van der Waals surface area contributed by atoms with Crippen LogP contribution in [0.4, 0.5) is 0 Å². The lowest BCUT2D eigenvalue weighted by atomic mass is 10.3. The minimum atomic E-state index is -0.0839. The lowest BCUT2D eigenvalue weighted by Gasteiger charge is -1.94. The smallest absolute Gasteiger partial charge is 0.269 e. The Balaban J connectivity index is 3.17. The highest BCUT2D eigenvalue weighted by atomic mass is 16.1. The van der Waals surface area contributed by atoms with Gasteiger partial charge in [0.25, 0.3) is 5.56 Å². The average molecular weight is 138 g/mol. The molecule has 0 unspecified atom stereocenters. The van der Waals surface area contributed by atoms with Crippen LogP contribution in [0.3, 0.4) is 0 Å². The maximum Gasteiger partial charge on any atom is 0.269 e. The van der Waals surface area contributed by atoms with Gasteiger partial charge in [0, 0.05) is 11.9 Å². The first kappa shape index (κ1) is 6.99. The van der Waals surface area contributed by atoms with Gasteiger partial charge in [0.05, 0.1) is 0 Å². The molecule has 0 atom stereocenters. The molecule has 3 nitrogen and oxygen atoms in total. The van der Waals surface area contributed by atoms with Gasteiger partial charge >= 0.3 is 0 Å². The molecule has 0 fully saturated rings. The van der Waals surface area contributed by atoms with Gasteiger partial charge in [0.1, 0.15) is 5.69 Å². The number of aromatic amines is 1. The summed E-state index contributed by atoms with van der Waals surface area (Å²) >= 11 is 0. The fourth-order valence-corrected chi connectivity index (χ4v) is 0.682. The lowest BCUT2D eigenvalue weighted by Crippen LogP contribution is -2.13. The summed E-state index contributed by atoms with van der Waals surface area (Å²) in [7, 11) is 0. The first-order valence-corrected chi connectivity index (χ1v) is 3.29. The molecule has 1 aromatic heterocycles. The molecule has 0 aliphatic carbocycles. The SMILES string of the molecule is CCc1cnc(C)c(=O)[nH]1. The van der Waals surface area contributed by atoms with E-state index in [1.54, 1.807) is 13.1 Å². The summed E-state index contributed by atoms with van der Waals surface area (Å²) in [6.07, 6.45) is 2.51. The third-order valence-corrected chi connectivity index (χ3v) is 1.40. The molecule has 0 aliphatic heterocycles. The van der Waals surface area contributed by atoms with Crippen molar-refractivity contribution < 1.29 is 0 Å². The number of H-pyrrole nitrogens is 1. The Morgan fingerprint density at radius 3 is 2.90 bits per heavy atom. The summed E-state index contributed by atoms with van der Waals surface area (Å²) in [5, 5.41) is 0. The van der Waals surface area contributed by atoms with Gasteiger partial charge in [-0.15, -0.1) is 0 Å². The summed E-state index contributed by atoms with van der Waals surface area (Å²) in [5.74, 6) is 0. The number of rotatable bonds is 1. The standard InChI is InChI=1S/C7H10N2O/c1-3-6-4-8-5(2)7(10)9-6/h4H,3H2,1-2H3,(H,9,10). The topological polar surface area (TPSA) is 45.8 Å². The molecular formula is C7H10N2O. The minimum absolute atomic E-state index is 0.0839. The fourth-order valence-electron chi connectivity index (χ4n) is 0.682. The van der Waals surface area contributed by atoms with Crippen LogP contribution in [-0.2, 0) is 6.42 Å². The van der Waals surface area contributed by atoms with Crippen molar-refractivity contribution in [2.75, 3.05) is 0 Å². The zero-order chi connectivity index (χ0) is 7.56. The summed E-state index contributed by atoms with van der Waals surface area (Å²) < 4.78 is 0. The number of nitrogens with one attached hydrogen (secondary N) is 1. The van der Waals surface area contributed by atoms with Crippen LogP contribution in [0.5, 0.6) is 0 Å². The van der Waals surface area contributed by atoms with Gasteiger partial charge in [-0.25, -0.2) is 0 Å². The molecular weight excluding hydrogens is 128 g/mol. The Bertz CT molecular complexity index is 277. The molecule has 1 heterocycles. The molecule has 0 saturated heterocycles. The highest BCUT2D eigenvalue weighted by Crippen LogP contribution is 1.88. The number of hydrogen-bond acceptors (Lipinski definition) is 2. The highest BCUT2D eigenvalue weighted by Gasteiger charge is 1.93. The Hall–Kier alpha value is -1.12. The maximum absolute atomic E-state index is 10.9. The third-order valence-electron chi connectivity index (χ3n) is 1.40. The van der Waals surface area contributed by atoms with Crippen LogP contribution in [0.1, 0.15) is 18.3 Å². The van der Waals surface area contributed by atoms with E-state index in [4.69, 9.17) is 0 Å². The van der Waals surface area contributed by atoms with Crippen LogP contribution >= 0.6 is 0 Å². The van der Waals surface area contributed by atoms with E-state index in [1.165, 1.54) is 0 Å². The van der Waals surface area contributed by atoms with E-state index >= 15 is 0 Å². The quantitative estimate of drug-likeness (QED) is 0.619. The molecule has 10 heavy (non-hydrogen) atoms. The van der Waals surface area contributed by atoms with E-state index in [9.17, 15) is 4.79 Å². The van der Waals surface area contributed by atoms with E-state index in [0.717, 1.165) is 12.1 Å². The summed E-state index contributed by atoms with van der Waals surface area (Å²) in [5.41, 5.74) is 1.33. The molecule has 3 heteroatoms. The number of aromatic nitrogens is 2. The van der Waals surface area contributed by atoms with E-state index in [0.29, 0.717) is 5.69 Å². The largest absolute Gasteiger partial charge is 0.323 e. The van der Waals surface area contributed by atoms with Crippen molar-refractivity contribution >= 4 is 0 Å². The lowest BCUT2D eigenvalue weighted by molar-refractivity contribution is 0.946. The van der Waals surface area contributed by atoms with Crippen molar-refractivity contribution in [3.8, 4) is 0 Å². The zero-order valence-electron chi connectivity index (χ0n) is 6.14.